The van der Waals surface area contributed by atoms with Gasteiger partial charge in [-0.15, -0.1) is 0 Å². The number of anilines is 1. The van der Waals surface area contributed by atoms with Crippen LogP contribution in [0.4, 0.5) is 10.1 Å². The van der Waals surface area contributed by atoms with E-state index >= 15 is 0 Å². The molecule has 36 heavy (non-hydrogen) atoms. The van der Waals surface area contributed by atoms with Crippen molar-refractivity contribution in [3.05, 3.63) is 67.0 Å². The van der Waals surface area contributed by atoms with Gasteiger partial charge >= 0.3 is 0 Å². The van der Waals surface area contributed by atoms with Gasteiger partial charge in [0.1, 0.15) is 17.1 Å². The zero-order valence-corrected chi connectivity index (χ0v) is 19.4. The molecule has 4 N–H and O–H groups in total. The fraction of sp³-hybridized carbons (Fsp3) is 0.115. The zero-order valence-electron chi connectivity index (χ0n) is 19.4. The molecule has 0 amide bonds. The van der Waals surface area contributed by atoms with E-state index in [9.17, 15) is 9.50 Å². The summed E-state index contributed by atoms with van der Waals surface area (Å²) < 4.78 is 13.9. The predicted molar refractivity (Wildman–Crippen MR) is 136 cm³/mol. The van der Waals surface area contributed by atoms with Crippen LogP contribution in [0.1, 0.15) is 13.8 Å². The minimum Gasteiger partial charge on any atom is -0.508 e. The van der Waals surface area contributed by atoms with Crippen LogP contribution in [-0.2, 0) is 0 Å². The lowest BCUT2D eigenvalue weighted by Gasteiger charge is -2.10. The van der Waals surface area contributed by atoms with E-state index in [0.717, 1.165) is 28.5 Å². The van der Waals surface area contributed by atoms with E-state index in [1.165, 1.54) is 12.1 Å². The van der Waals surface area contributed by atoms with Gasteiger partial charge in [-0.05, 0) is 49.7 Å². The first kappa shape index (κ1) is 21.7. The summed E-state index contributed by atoms with van der Waals surface area (Å²) in [6, 6.07) is 9.98. The number of H-pyrrole nitrogens is 2. The smallest absolute Gasteiger partial charge is 0.161 e. The molecule has 0 saturated heterocycles. The van der Waals surface area contributed by atoms with Gasteiger partial charge in [-0.2, -0.15) is 5.10 Å². The van der Waals surface area contributed by atoms with Crippen LogP contribution in [0.25, 0.3) is 56.0 Å². The van der Waals surface area contributed by atoms with Gasteiger partial charge in [-0.3, -0.25) is 15.1 Å². The van der Waals surface area contributed by atoms with E-state index in [1.54, 1.807) is 24.8 Å². The summed E-state index contributed by atoms with van der Waals surface area (Å²) in [6.45, 7) is 4.14. The lowest BCUT2D eigenvalue weighted by molar-refractivity contribution is 0.469. The number of imidazole rings is 1. The first-order chi connectivity index (χ1) is 17.4. The Morgan fingerprint density at radius 1 is 0.889 bits per heavy atom. The van der Waals surface area contributed by atoms with Crippen molar-refractivity contribution in [1.29, 1.82) is 0 Å². The molecule has 0 atom stereocenters. The number of rotatable bonds is 5. The number of nitrogens with one attached hydrogen (secondary N) is 3. The highest BCUT2D eigenvalue weighted by molar-refractivity contribution is 5.96. The van der Waals surface area contributed by atoms with Crippen LogP contribution < -0.4 is 5.32 Å². The van der Waals surface area contributed by atoms with Crippen LogP contribution >= 0.6 is 0 Å². The Morgan fingerprint density at radius 2 is 1.75 bits per heavy atom. The molecule has 0 saturated carbocycles. The number of fused-ring (bicyclic) bond motifs is 2. The second kappa shape index (κ2) is 8.42. The zero-order chi connectivity index (χ0) is 24.8. The average Bonchev–Trinajstić information content (AvgIpc) is 3.46. The molecule has 5 aromatic heterocycles. The average molecular weight is 481 g/mol. The summed E-state index contributed by atoms with van der Waals surface area (Å²) in [7, 11) is 0. The Bertz CT molecular complexity index is 1720. The minimum atomic E-state index is -0.546. The quantitative estimate of drug-likeness (QED) is 0.264. The lowest BCUT2D eigenvalue weighted by atomic mass is 10.1. The molecule has 10 heteroatoms. The first-order valence-electron chi connectivity index (χ1n) is 11.4. The molecule has 0 bridgehead atoms. The van der Waals surface area contributed by atoms with Crippen molar-refractivity contribution in [3.63, 3.8) is 0 Å². The summed E-state index contributed by atoms with van der Waals surface area (Å²) in [5, 5.41) is 20.7. The van der Waals surface area contributed by atoms with Crippen molar-refractivity contribution in [1.82, 2.24) is 35.1 Å². The van der Waals surface area contributed by atoms with Gasteiger partial charge in [0.05, 0.1) is 34.1 Å². The highest BCUT2D eigenvalue weighted by atomic mass is 19.1. The molecule has 0 aliphatic heterocycles. The third-order valence-electron chi connectivity index (χ3n) is 5.71. The normalized spacial score (nSPS) is 11.6. The number of pyridine rings is 3. The second-order valence-electron chi connectivity index (χ2n) is 8.79. The Balaban J connectivity index is 1.45. The maximum absolute atomic E-state index is 13.9. The summed E-state index contributed by atoms with van der Waals surface area (Å²) >= 11 is 0. The van der Waals surface area contributed by atoms with Gasteiger partial charge < -0.3 is 15.4 Å². The number of aromatic amines is 2. The molecule has 9 nitrogen and oxygen atoms in total. The van der Waals surface area contributed by atoms with Crippen molar-refractivity contribution in [2.24, 2.45) is 0 Å². The van der Waals surface area contributed by atoms with Gasteiger partial charge in [-0.1, -0.05) is 0 Å². The van der Waals surface area contributed by atoms with E-state index in [2.05, 4.69) is 44.3 Å². The fourth-order valence-corrected chi connectivity index (χ4v) is 4.20. The maximum atomic E-state index is 13.9. The molecule has 0 aliphatic carbocycles. The Kier molecular flexibility index (Phi) is 5.06. The molecule has 6 aromatic rings. The summed E-state index contributed by atoms with van der Waals surface area (Å²) in [5.41, 5.74) is 6.76. The highest BCUT2D eigenvalue weighted by Gasteiger charge is 2.18. The van der Waals surface area contributed by atoms with Gasteiger partial charge in [0.25, 0.3) is 0 Å². The molecular formula is C26H21FN8O. The van der Waals surface area contributed by atoms with Crippen LogP contribution in [0.2, 0.25) is 0 Å². The van der Waals surface area contributed by atoms with Crippen molar-refractivity contribution in [2.75, 3.05) is 5.32 Å². The van der Waals surface area contributed by atoms with Crippen LogP contribution in [0, 0.1) is 5.82 Å². The van der Waals surface area contributed by atoms with Gasteiger partial charge in [0.2, 0.25) is 0 Å². The number of phenols is 1. The van der Waals surface area contributed by atoms with Gasteiger partial charge in [0, 0.05) is 41.8 Å². The Morgan fingerprint density at radius 3 is 2.58 bits per heavy atom. The van der Waals surface area contributed by atoms with E-state index in [-0.39, 0.29) is 11.8 Å². The Labute approximate surface area is 204 Å². The topological polar surface area (TPSA) is 128 Å². The summed E-state index contributed by atoms with van der Waals surface area (Å²) in [6.07, 6.45) is 6.78. The molecule has 0 radical (unpaired) electrons. The third kappa shape index (κ3) is 3.88. The van der Waals surface area contributed by atoms with E-state index < -0.39 is 5.82 Å². The number of hydrogen-bond donors (Lipinski definition) is 4. The van der Waals surface area contributed by atoms with Crippen LogP contribution in [0.3, 0.4) is 0 Å². The predicted octanol–water partition coefficient (Wildman–Crippen LogP) is 5.29. The minimum absolute atomic E-state index is 0.171. The van der Waals surface area contributed by atoms with Crippen LogP contribution in [0.5, 0.6) is 5.75 Å². The SMILES string of the molecule is CC(C)Nc1cncc(-c2ccc3[nH]nc(-c4nc5c(-c6cc(O)cc(F)c6)cncc5[nH]4)c3n2)c1. The van der Waals surface area contributed by atoms with Crippen molar-refractivity contribution < 1.29 is 9.50 Å². The molecule has 5 heterocycles. The van der Waals surface area contributed by atoms with E-state index in [1.807, 2.05) is 18.2 Å². The first-order valence-corrected chi connectivity index (χ1v) is 11.4. The molecule has 178 valence electrons. The van der Waals surface area contributed by atoms with Gasteiger partial charge in [-0.25, -0.2) is 14.4 Å². The number of aromatic hydroxyl groups is 1. The van der Waals surface area contributed by atoms with Crippen LogP contribution in [-0.4, -0.2) is 46.3 Å². The number of benzene rings is 1. The second-order valence-corrected chi connectivity index (χ2v) is 8.79. The maximum Gasteiger partial charge on any atom is 0.161 e. The third-order valence-corrected chi connectivity index (χ3v) is 5.71. The summed E-state index contributed by atoms with van der Waals surface area (Å²) in [5.74, 6) is -0.228. The molecule has 1 aromatic carbocycles. The molecule has 6 rings (SSSR count). The summed E-state index contributed by atoms with van der Waals surface area (Å²) in [4.78, 5) is 21.4. The number of aromatic nitrogens is 7. The highest BCUT2D eigenvalue weighted by Crippen LogP contribution is 2.33. The Hall–Kier alpha value is -4.86. The number of phenolic OH excluding ortho intramolecular Hbond substituents is 1. The number of nitrogens with zero attached hydrogens (tertiary/aromatic N) is 5. The van der Waals surface area contributed by atoms with Crippen LogP contribution in [0.15, 0.2) is 61.2 Å². The van der Waals surface area contributed by atoms with Gasteiger partial charge in [0.15, 0.2) is 11.5 Å². The lowest BCUT2D eigenvalue weighted by Crippen LogP contribution is -2.09. The molecular weight excluding hydrogens is 459 g/mol. The molecule has 0 fully saturated rings. The van der Waals surface area contributed by atoms with E-state index in [4.69, 9.17) is 9.97 Å². The molecule has 0 spiro atoms. The van der Waals surface area contributed by atoms with Crippen molar-refractivity contribution in [3.8, 4) is 39.7 Å². The standard InChI is InChI=1S/C26H21FN8O/c1-13(2)30-17-6-15(9-28-10-17)20-3-4-21-24(31-20)25(35-34-21)26-32-22-12-29-11-19(23(22)33-26)14-5-16(27)8-18(36)7-14/h3-13,30,36H,1-2H3,(H,32,33)(H,34,35). The number of halogens is 1. The van der Waals surface area contributed by atoms with Crippen molar-refractivity contribution in [2.45, 2.75) is 19.9 Å². The molecule has 0 unspecified atom stereocenters. The monoisotopic (exact) mass is 480 g/mol. The largest absolute Gasteiger partial charge is 0.508 e. The molecule has 0 aliphatic rings. The number of hydrogen-bond acceptors (Lipinski definition) is 7. The van der Waals surface area contributed by atoms with E-state index in [0.29, 0.717) is 39.2 Å². The van der Waals surface area contributed by atoms with Crippen molar-refractivity contribution >= 4 is 27.8 Å². The fourth-order valence-electron chi connectivity index (χ4n) is 4.20.